The summed E-state index contributed by atoms with van der Waals surface area (Å²) in [5.41, 5.74) is 3.29. The molecule has 0 aliphatic rings. The summed E-state index contributed by atoms with van der Waals surface area (Å²) in [6, 6.07) is 11.0. The van der Waals surface area contributed by atoms with Gasteiger partial charge in [0.1, 0.15) is 0 Å². The first kappa shape index (κ1) is 13.8. The number of anilines is 1. The van der Waals surface area contributed by atoms with Crippen molar-refractivity contribution in [3.05, 3.63) is 36.0 Å². The first-order valence-corrected chi connectivity index (χ1v) is 6.88. The van der Waals surface area contributed by atoms with Crippen molar-refractivity contribution in [1.82, 2.24) is 9.88 Å². The fraction of sp³-hybridized carbons (Fsp3) is 0.438. The minimum Gasteiger partial charge on any atom is -0.383 e. The standard InChI is InChI=1S/C16H23N3/c1-12(2)19(4)10-9-17-16-11-13(3)18-15-8-6-5-7-14(15)16/h5-8,11-12H,9-10H2,1-4H3,(H,17,18). The van der Waals surface area contributed by atoms with Crippen molar-refractivity contribution >= 4 is 16.6 Å². The molecule has 2 aromatic rings. The van der Waals surface area contributed by atoms with E-state index in [0.717, 1.165) is 24.3 Å². The molecule has 1 N–H and O–H groups in total. The first-order chi connectivity index (χ1) is 9.08. The Morgan fingerprint density at radius 2 is 2.00 bits per heavy atom. The Kier molecular flexibility index (Phi) is 4.38. The minimum absolute atomic E-state index is 0.581. The molecular weight excluding hydrogens is 234 g/mol. The van der Waals surface area contributed by atoms with E-state index in [2.05, 4.69) is 60.4 Å². The highest BCUT2D eigenvalue weighted by atomic mass is 15.1. The van der Waals surface area contributed by atoms with E-state index in [4.69, 9.17) is 0 Å². The zero-order chi connectivity index (χ0) is 13.8. The van der Waals surface area contributed by atoms with Gasteiger partial charge in [0, 0.05) is 35.9 Å². The molecule has 1 aromatic heterocycles. The number of hydrogen-bond donors (Lipinski definition) is 1. The van der Waals surface area contributed by atoms with Gasteiger partial charge in [0.15, 0.2) is 0 Å². The van der Waals surface area contributed by atoms with Crippen LogP contribution < -0.4 is 5.32 Å². The number of likely N-dealkylation sites (N-methyl/N-ethyl adjacent to an activating group) is 1. The van der Waals surface area contributed by atoms with Gasteiger partial charge in [-0.25, -0.2) is 0 Å². The van der Waals surface area contributed by atoms with Gasteiger partial charge in [0.05, 0.1) is 5.52 Å². The van der Waals surface area contributed by atoms with Crippen molar-refractivity contribution in [1.29, 1.82) is 0 Å². The summed E-state index contributed by atoms with van der Waals surface area (Å²) in [6.07, 6.45) is 0. The van der Waals surface area contributed by atoms with E-state index in [0.29, 0.717) is 6.04 Å². The molecule has 0 spiro atoms. The van der Waals surface area contributed by atoms with Gasteiger partial charge in [-0.1, -0.05) is 18.2 Å². The normalized spacial score (nSPS) is 11.5. The Labute approximate surface area is 115 Å². The number of aromatic nitrogens is 1. The molecule has 0 atom stereocenters. The Morgan fingerprint density at radius 3 is 2.74 bits per heavy atom. The Bertz CT molecular complexity index is 549. The third-order valence-electron chi connectivity index (χ3n) is 3.51. The molecule has 0 fully saturated rings. The van der Waals surface area contributed by atoms with Crippen molar-refractivity contribution < 1.29 is 0 Å². The molecule has 0 unspecified atom stereocenters. The number of hydrogen-bond acceptors (Lipinski definition) is 3. The van der Waals surface area contributed by atoms with E-state index in [1.165, 1.54) is 11.1 Å². The predicted octanol–water partition coefficient (Wildman–Crippen LogP) is 3.30. The zero-order valence-corrected chi connectivity index (χ0v) is 12.3. The van der Waals surface area contributed by atoms with Gasteiger partial charge in [0.25, 0.3) is 0 Å². The third kappa shape index (κ3) is 3.44. The van der Waals surface area contributed by atoms with Crippen molar-refractivity contribution in [2.24, 2.45) is 0 Å². The highest BCUT2D eigenvalue weighted by Crippen LogP contribution is 2.22. The molecule has 0 bridgehead atoms. The second-order valence-electron chi connectivity index (χ2n) is 5.33. The summed E-state index contributed by atoms with van der Waals surface area (Å²) in [5, 5.41) is 4.73. The number of fused-ring (bicyclic) bond motifs is 1. The van der Waals surface area contributed by atoms with E-state index in [1.807, 2.05) is 13.0 Å². The minimum atomic E-state index is 0.581. The van der Waals surface area contributed by atoms with Gasteiger partial charge in [-0.05, 0) is 40.0 Å². The fourth-order valence-corrected chi connectivity index (χ4v) is 2.08. The molecule has 3 heteroatoms. The second-order valence-corrected chi connectivity index (χ2v) is 5.33. The average Bonchev–Trinajstić information content (AvgIpc) is 2.38. The maximum atomic E-state index is 4.56. The van der Waals surface area contributed by atoms with Gasteiger partial charge < -0.3 is 10.2 Å². The molecule has 0 amide bonds. The molecule has 3 nitrogen and oxygen atoms in total. The summed E-state index contributed by atoms with van der Waals surface area (Å²) in [5.74, 6) is 0. The largest absolute Gasteiger partial charge is 0.383 e. The summed E-state index contributed by atoms with van der Waals surface area (Å²) in [4.78, 5) is 6.89. The van der Waals surface area contributed by atoms with Gasteiger partial charge in [-0.15, -0.1) is 0 Å². The zero-order valence-electron chi connectivity index (χ0n) is 12.3. The number of aryl methyl sites for hydroxylation is 1. The Morgan fingerprint density at radius 1 is 1.26 bits per heavy atom. The third-order valence-corrected chi connectivity index (χ3v) is 3.51. The quantitative estimate of drug-likeness (QED) is 0.891. The predicted molar refractivity (Wildman–Crippen MR) is 82.7 cm³/mol. The van der Waals surface area contributed by atoms with Crippen molar-refractivity contribution in [3.8, 4) is 0 Å². The summed E-state index contributed by atoms with van der Waals surface area (Å²) in [6.45, 7) is 8.45. The number of nitrogens with one attached hydrogen (secondary N) is 1. The molecule has 1 heterocycles. The Hall–Kier alpha value is -1.61. The van der Waals surface area contributed by atoms with Gasteiger partial charge in [-0.3, -0.25) is 4.98 Å². The highest BCUT2D eigenvalue weighted by molar-refractivity contribution is 5.91. The van der Waals surface area contributed by atoms with E-state index in [1.54, 1.807) is 0 Å². The van der Waals surface area contributed by atoms with Crippen LogP contribution in [0, 0.1) is 6.92 Å². The molecule has 1 aromatic carbocycles. The van der Waals surface area contributed by atoms with E-state index in [-0.39, 0.29) is 0 Å². The maximum absolute atomic E-state index is 4.56. The molecule has 19 heavy (non-hydrogen) atoms. The van der Waals surface area contributed by atoms with Gasteiger partial charge >= 0.3 is 0 Å². The topological polar surface area (TPSA) is 28.2 Å². The molecule has 0 aliphatic heterocycles. The highest BCUT2D eigenvalue weighted by Gasteiger charge is 2.05. The van der Waals surface area contributed by atoms with E-state index < -0.39 is 0 Å². The average molecular weight is 257 g/mol. The van der Waals surface area contributed by atoms with Crippen LogP contribution in [0.5, 0.6) is 0 Å². The number of pyridine rings is 1. The monoisotopic (exact) mass is 257 g/mol. The summed E-state index contributed by atoms with van der Waals surface area (Å²) in [7, 11) is 2.16. The lowest BCUT2D eigenvalue weighted by molar-refractivity contribution is 0.284. The van der Waals surface area contributed by atoms with Crippen LogP contribution in [0.25, 0.3) is 10.9 Å². The van der Waals surface area contributed by atoms with E-state index >= 15 is 0 Å². The fourth-order valence-electron chi connectivity index (χ4n) is 2.08. The van der Waals surface area contributed by atoms with Crippen LogP contribution in [0.1, 0.15) is 19.5 Å². The molecule has 0 radical (unpaired) electrons. The van der Waals surface area contributed by atoms with Crippen LogP contribution in [0.3, 0.4) is 0 Å². The molecule has 0 saturated carbocycles. The van der Waals surface area contributed by atoms with Crippen LogP contribution in [-0.2, 0) is 0 Å². The molecule has 102 valence electrons. The van der Waals surface area contributed by atoms with Crippen molar-refractivity contribution in [2.75, 3.05) is 25.5 Å². The van der Waals surface area contributed by atoms with E-state index in [9.17, 15) is 0 Å². The molecule has 0 saturated heterocycles. The van der Waals surface area contributed by atoms with Crippen LogP contribution in [0.2, 0.25) is 0 Å². The number of para-hydroxylation sites is 1. The molecular formula is C16H23N3. The number of rotatable bonds is 5. The van der Waals surface area contributed by atoms with Crippen molar-refractivity contribution in [3.63, 3.8) is 0 Å². The van der Waals surface area contributed by atoms with Crippen LogP contribution in [0.15, 0.2) is 30.3 Å². The van der Waals surface area contributed by atoms with Gasteiger partial charge in [-0.2, -0.15) is 0 Å². The van der Waals surface area contributed by atoms with Gasteiger partial charge in [0.2, 0.25) is 0 Å². The summed E-state index contributed by atoms with van der Waals surface area (Å²) < 4.78 is 0. The lowest BCUT2D eigenvalue weighted by Gasteiger charge is -2.21. The maximum Gasteiger partial charge on any atom is 0.0725 e. The smallest absolute Gasteiger partial charge is 0.0725 e. The number of benzene rings is 1. The first-order valence-electron chi connectivity index (χ1n) is 6.88. The lowest BCUT2D eigenvalue weighted by Crippen LogP contribution is -2.31. The van der Waals surface area contributed by atoms with Crippen molar-refractivity contribution in [2.45, 2.75) is 26.8 Å². The summed E-state index contributed by atoms with van der Waals surface area (Å²) >= 11 is 0. The molecule has 0 aliphatic carbocycles. The Balaban J connectivity index is 2.12. The SMILES string of the molecule is Cc1cc(NCCN(C)C(C)C)c2ccccc2n1. The van der Waals surface area contributed by atoms with Crippen LogP contribution >= 0.6 is 0 Å². The van der Waals surface area contributed by atoms with Crippen LogP contribution in [-0.4, -0.2) is 36.1 Å². The lowest BCUT2D eigenvalue weighted by atomic mass is 10.1. The number of nitrogens with zero attached hydrogens (tertiary/aromatic N) is 2. The van der Waals surface area contributed by atoms with Crippen LogP contribution in [0.4, 0.5) is 5.69 Å². The second kappa shape index (κ2) is 6.02. The molecule has 2 rings (SSSR count).